The summed E-state index contributed by atoms with van der Waals surface area (Å²) in [4.78, 5) is 2.22. The monoisotopic (exact) mass is 286 g/mol. The molecule has 1 aromatic carbocycles. The zero-order valence-electron chi connectivity index (χ0n) is 9.56. The molecule has 0 radical (unpaired) electrons. The van der Waals surface area contributed by atoms with Crippen LogP contribution in [0.3, 0.4) is 0 Å². The van der Waals surface area contributed by atoms with Crippen LogP contribution >= 0.6 is 15.9 Å². The van der Waals surface area contributed by atoms with Crippen molar-refractivity contribution in [2.24, 2.45) is 5.41 Å². The molecular weight excluding hydrogens is 271 g/mol. The Morgan fingerprint density at radius 2 is 2.12 bits per heavy atom. The van der Waals surface area contributed by atoms with Crippen LogP contribution in [0.2, 0.25) is 0 Å². The Labute approximate surface area is 104 Å². The summed E-state index contributed by atoms with van der Waals surface area (Å²) < 4.78 is 13.7. The Morgan fingerprint density at radius 3 is 2.69 bits per heavy atom. The lowest BCUT2D eigenvalue weighted by Crippen LogP contribution is -2.23. The fourth-order valence-electron chi connectivity index (χ4n) is 2.14. The van der Waals surface area contributed by atoms with Crippen LogP contribution in [0.25, 0.3) is 0 Å². The summed E-state index contributed by atoms with van der Waals surface area (Å²) in [6.07, 6.45) is 1.14. The molecule has 1 saturated heterocycles. The van der Waals surface area contributed by atoms with Crippen molar-refractivity contribution in [3.05, 3.63) is 22.4 Å². The minimum Gasteiger partial charge on any atom is -0.397 e. The molecule has 16 heavy (non-hydrogen) atoms. The minimum atomic E-state index is -0.306. The van der Waals surface area contributed by atoms with Crippen molar-refractivity contribution in [1.82, 2.24) is 0 Å². The Balaban J connectivity index is 2.32. The number of nitrogen functional groups attached to an aromatic ring is 1. The Hall–Kier alpha value is -0.770. The van der Waals surface area contributed by atoms with E-state index in [9.17, 15) is 4.39 Å². The van der Waals surface area contributed by atoms with Gasteiger partial charge in [-0.15, -0.1) is 0 Å². The van der Waals surface area contributed by atoms with Gasteiger partial charge in [-0.3, -0.25) is 0 Å². The van der Waals surface area contributed by atoms with E-state index in [4.69, 9.17) is 5.73 Å². The summed E-state index contributed by atoms with van der Waals surface area (Å²) in [6, 6.07) is 3.15. The summed E-state index contributed by atoms with van der Waals surface area (Å²) in [5.74, 6) is -0.306. The summed E-state index contributed by atoms with van der Waals surface area (Å²) in [6.45, 7) is 6.42. The van der Waals surface area contributed by atoms with Gasteiger partial charge < -0.3 is 10.6 Å². The Kier molecular flexibility index (Phi) is 2.86. The van der Waals surface area contributed by atoms with Gasteiger partial charge in [0.25, 0.3) is 0 Å². The van der Waals surface area contributed by atoms with Crippen LogP contribution in [-0.4, -0.2) is 13.1 Å². The molecule has 4 heteroatoms. The lowest BCUT2D eigenvalue weighted by Gasteiger charge is -2.23. The van der Waals surface area contributed by atoms with Crippen LogP contribution in [0.1, 0.15) is 20.3 Å². The van der Waals surface area contributed by atoms with Crippen molar-refractivity contribution < 1.29 is 4.39 Å². The Morgan fingerprint density at radius 1 is 1.44 bits per heavy atom. The van der Waals surface area contributed by atoms with Gasteiger partial charge >= 0.3 is 0 Å². The molecule has 0 unspecified atom stereocenters. The van der Waals surface area contributed by atoms with Gasteiger partial charge in [0.2, 0.25) is 0 Å². The maximum Gasteiger partial charge on any atom is 0.139 e. The fourth-order valence-corrected chi connectivity index (χ4v) is 2.47. The molecule has 1 aromatic rings. The van der Waals surface area contributed by atoms with Crippen LogP contribution in [0.15, 0.2) is 16.6 Å². The number of benzene rings is 1. The number of hydrogen-bond acceptors (Lipinski definition) is 2. The van der Waals surface area contributed by atoms with Gasteiger partial charge in [0.05, 0.1) is 15.8 Å². The number of anilines is 2. The predicted octanol–water partition coefficient (Wildman–Crippen LogP) is 3.41. The summed E-state index contributed by atoms with van der Waals surface area (Å²) in [5, 5.41) is 0. The molecule has 2 rings (SSSR count). The quantitative estimate of drug-likeness (QED) is 0.802. The van der Waals surface area contributed by atoms with Crippen molar-refractivity contribution >= 4 is 27.3 Å². The van der Waals surface area contributed by atoms with E-state index in [1.165, 1.54) is 6.07 Å². The average Bonchev–Trinajstić information content (AvgIpc) is 2.52. The van der Waals surface area contributed by atoms with Crippen molar-refractivity contribution in [1.29, 1.82) is 0 Å². The smallest absolute Gasteiger partial charge is 0.139 e. The molecule has 0 atom stereocenters. The van der Waals surface area contributed by atoms with E-state index in [0.29, 0.717) is 15.6 Å². The predicted molar refractivity (Wildman–Crippen MR) is 69.1 cm³/mol. The van der Waals surface area contributed by atoms with E-state index in [0.717, 1.165) is 25.2 Å². The third-order valence-corrected chi connectivity index (χ3v) is 3.70. The number of rotatable bonds is 1. The van der Waals surface area contributed by atoms with Crippen molar-refractivity contribution in [2.75, 3.05) is 23.7 Å². The second kappa shape index (κ2) is 3.91. The molecule has 1 aliphatic heterocycles. The topological polar surface area (TPSA) is 29.3 Å². The highest BCUT2D eigenvalue weighted by molar-refractivity contribution is 9.10. The molecule has 1 aliphatic rings. The van der Waals surface area contributed by atoms with Gasteiger partial charge in [0.1, 0.15) is 5.82 Å². The van der Waals surface area contributed by atoms with Gasteiger partial charge in [-0.2, -0.15) is 0 Å². The molecule has 1 fully saturated rings. The van der Waals surface area contributed by atoms with Crippen LogP contribution in [-0.2, 0) is 0 Å². The number of halogens is 2. The van der Waals surface area contributed by atoms with E-state index in [1.54, 1.807) is 6.07 Å². The highest BCUT2D eigenvalue weighted by atomic mass is 79.9. The lowest BCUT2D eigenvalue weighted by molar-refractivity contribution is 0.418. The second-order valence-corrected chi connectivity index (χ2v) is 6.02. The fraction of sp³-hybridized carbons (Fsp3) is 0.500. The number of hydrogen-bond donors (Lipinski definition) is 1. The molecule has 0 spiro atoms. The van der Waals surface area contributed by atoms with Crippen molar-refractivity contribution in [3.8, 4) is 0 Å². The van der Waals surface area contributed by atoms with Crippen LogP contribution in [0.5, 0.6) is 0 Å². The highest BCUT2D eigenvalue weighted by Crippen LogP contribution is 2.37. The molecule has 88 valence electrons. The van der Waals surface area contributed by atoms with E-state index < -0.39 is 0 Å². The average molecular weight is 287 g/mol. The van der Waals surface area contributed by atoms with Gasteiger partial charge in [-0.25, -0.2) is 4.39 Å². The molecule has 2 N–H and O–H groups in total. The third kappa shape index (κ3) is 2.17. The number of nitrogens with two attached hydrogens (primary N) is 1. The summed E-state index contributed by atoms with van der Waals surface area (Å²) >= 11 is 3.20. The first-order chi connectivity index (χ1) is 7.39. The first-order valence-electron chi connectivity index (χ1n) is 5.38. The van der Waals surface area contributed by atoms with Gasteiger partial charge in [0.15, 0.2) is 0 Å². The standard InChI is InChI=1S/C12H16BrFN2/c1-12(2)3-4-16(7-12)11-5-8(13)9(14)6-10(11)15/h5-6H,3-4,7,15H2,1-2H3. The molecule has 0 aliphatic carbocycles. The van der Waals surface area contributed by atoms with Gasteiger partial charge in [0, 0.05) is 19.2 Å². The van der Waals surface area contributed by atoms with Gasteiger partial charge in [-0.1, -0.05) is 13.8 Å². The SMILES string of the molecule is CC1(C)CCN(c2cc(Br)c(F)cc2N)C1. The normalized spacial score (nSPS) is 19.1. The summed E-state index contributed by atoms with van der Waals surface area (Å²) in [5.41, 5.74) is 7.61. The highest BCUT2D eigenvalue weighted by Gasteiger charge is 2.30. The lowest BCUT2D eigenvalue weighted by atomic mass is 9.93. The molecule has 0 saturated carbocycles. The van der Waals surface area contributed by atoms with E-state index >= 15 is 0 Å². The zero-order chi connectivity index (χ0) is 11.9. The molecule has 1 heterocycles. The van der Waals surface area contributed by atoms with Crippen molar-refractivity contribution in [3.63, 3.8) is 0 Å². The van der Waals surface area contributed by atoms with E-state index in [2.05, 4.69) is 34.7 Å². The first-order valence-corrected chi connectivity index (χ1v) is 6.18. The largest absolute Gasteiger partial charge is 0.397 e. The molecule has 0 bridgehead atoms. The molecule has 0 aromatic heterocycles. The Bertz CT molecular complexity index is 418. The van der Waals surface area contributed by atoms with Crippen LogP contribution in [0.4, 0.5) is 15.8 Å². The van der Waals surface area contributed by atoms with E-state index in [1.807, 2.05) is 0 Å². The zero-order valence-corrected chi connectivity index (χ0v) is 11.1. The first kappa shape index (κ1) is 11.7. The molecule has 2 nitrogen and oxygen atoms in total. The maximum absolute atomic E-state index is 13.3. The van der Waals surface area contributed by atoms with Crippen molar-refractivity contribution in [2.45, 2.75) is 20.3 Å². The third-order valence-electron chi connectivity index (χ3n) is 3.09. The number of nitrogens with zero attached hydrogens (tertiary/aromatic N) is 1. The van der Waals surface area contributed by atoms with E-state index in [-0.39, 0.29) is 5.82 Å². The van der Waals surface area contributed by atoms with Crippen LogP contribution in [0, 0.1) is 11.2 Å². The van der Waals surface area contributed by atoms with Crippen LogP contribution < -0.4 is 10.6 Å². The molecular formula is C12H16BrFN2. The van der Waals surface area contributed by atoms with Gasteiger partial charge in [-0.05, 0) is 33.8 Å². The summed E-state index contributed by atoms with van der Waals surface area (Å²) in [7, 11) is 0. The minimum absolute atomic E-state index is 0.306. The molecule has 0 amide bonds. The second-order valence-electron chi connectivity index (χ2n) is 5.16. The maximum atomic E-state index is 13.3.